The number of carbonyl (C=O) groups excluding carboxylic acids is 1. The Kier molecular flexibility index (Phi) is 4.96. The van der Waals surface area contributed by atoms with Gasteiger partial charge >= 0.3 is 0 Å². The van der Waals surface area contributed by atoms with Crippen molar-refractivity contribution in [3.63, 3.8) is 0 Å². The zero-order valence-corrected chi connectivity index (χ0v) is 13.0. The molecule has 0 aliphatic carbocycles. The van der Waals surface area contributed by atoms with Gasteiger partial charge < -0.3 is 9.64 Å². The maximum atomic E-state index is 14.1. The fraction of sp³-hybridized carbons (Fsp3) is 0.562. The van der Waals surface area contributed by atoms with Crippen LogP contribution in [0.25, 0.3) is 0 Å². The third-order valence-electron chi connectivity index (χ3n) is 3.89. The van der Waals surface area contributed by atoms with Crippen molar-refractivity contribution >= 4 is 5.91 Å². The number of rotatable bonds is 5. The third-order valence-corrected chi connectivity index (χ3v) is 3.89. The highest BCUT2D eigenvalue weighted by Crippen LogP contribution is 2.31. The van der Waals surface area contributed by atoms with Crippen LogP contribution in [0.4, 0.5) is 4.39 Å². The molecule has 1 saturated heterocycles. The van der Waals surface area contributed by atoms with Crippen molar-refractivity contribution in [3.05, 3.63) is 35.6 Å². The van der Waals surface area contributed by atoms with Crippen molar-refractivity contribution in [1.82, 2.24) is 10.2 Å². The van der Waals surface area contributed by atoms with E-state index in [1.165, 1.54) is 6.07 Å². The van der Waals surface area contributed by atoms with Crippen molar-refractivity contribution in [1.29, 1.82) is 0 Å². The van der Waals surface area contributed by atoms with Gasteiger partial charge in [0.1, 0.15) is 12.0 Å². The summed E-state index contributed by atoms with van der Waals surface area (Å²) >= 11 is 0. The molecule has 1 heterocycles. The normalized spacial score (nSPS) is 23.9. The lowest BCUT2D eigenvalue weighted by Crippen LogP contribution is -2.41. The molecule has 1 aliphatic rings. The number of halogens is 1. The molecule has 2 rings (SSSR count). The first-order valence-electron chi connectivity index (χ1n) is 7.29. The third kappa shape index (κ3) is 3.09. The molecule has 1 aliphatic heterocycles. The minimum absolute atomic E-state index is 0.00260. The lowest BCUT2D eigenvalue weighted by atomic mass is 10.0. The number of methoxy groups -OCH3 is 1. The molecule has 1 amide bonds. The highest BCUT2D eigenvalue weighted by Gasteiger charge is 2.43. The van der Waals surface area contributed by atoms with Gasteiger partial charge in [0.25, 0.3) is 0 Å². The van der Waals surface area contributed by atoms with Crippen LogP contribution in [0.5, 0.6) is 0 Å². The van der Waals surface area contributed by atoms with Crippen molar-refractivity contribution in [2.24, 2.45) is 5.92 Å². The van der Waals surface area contributed by atoms with Gasteiger partial charge in [-0.25, -0.2) is 4.39 Å². The molecule has 0 bridgehead atoms. The van der Waals surface area contributed by atoms with Gasteiger partial charge in [-0.05, 0) is 18.9 Å². The second-order valence-electron chi connectivity index (χ2n) is 5.86. The summed E-state index contributed by atoms with van der Waals surface area (Å²) in [6.07, 6.45) is -0.448. The van der Waals surface area contributed by atoms with E-state index < -0.39 is 6.17 Å². The van der Waals surface area contributed by atoms with Gasteiger partial charge in [0.05, 0.1) is 18.7 Å². The predicted molar refractivity (Wildman–Crippen MR) is 79.1 cm³/mol. The van der Waals surface area contributed by atoms with E-state index in [2.05, 4.69) is 5.32 Å². The van der Waals surface area contributed by atoms with E-state index >= 15 is 0 Å². The molecule has 1 fully saturated rings. The monoisotopic (exact) mass is 294 g/mol. The Bertz CT molecular complexity index is 507. The van der Waals surface area contributed by atoms with E-state index in [4.69, 9.17) is 4.74 Å². The van der Waals surface area contributed by atoms with Crippen molar-refractivity contribution in [2.75, 3.05) is 13.7 Å². The number of amides is 1. The Hall–Kier alpha value is -1.46. The number of nitrogens with zero attached hydrogens (tertiary/aromatic N) is 1. The summed E-state index contributed by atoms with van der Waals surface area (Å²) in [4.78, 5) is 14.3. The molecule has 0 saturated carbocycles. The maximum absolute atomic E-state index is 14.1. The molecule has 0 aromatic heterocycles. The summed E-state index contributed by atoms with van der Waals surface area (Å²) in [5.74, 6) is -0.156. The van der Waals surface area contributed by atoms with Crippen LogP contribution in [0.1, 0.15) is 32.5 Å². The second kappa shape index (κ2) is 6.54. The second-order valence-corrected chi connectivity index (χ2v) is 5.86. The van der Waals surface area contributed by atoms with Crippen molar-refractivity contribution in [2.45, 2.75) is 39.0 Å². The van der Waals surface area contributed by atoms with E-state index in [9.17, 15) is 9.18 Å². The number of hydrogen-bond donors (Lipinski definition) is 1. The summed E-state index contributed by atoms with van der Waals surface area (Å²) in [6, 6.07) is 6.15. The maximum Gasteiger partial charge on any atom is 0.241 e. The van der Waals surface area contributed by atoms with E-state index in [-0.39, 0.29) is 29.7 Å². The van der Waals surface area contributed by atoms with Crippen LogP contribution in [0.15, 0.2) is 24.3 Å². The molecule has 5 heteroatoms. The zero-order valence-electron chi connectivity index (χ0n) is 13.0. The molecule has 1 aromatic rings. The van der Waals surface area contributed by atoms with Gasteiger partial charge in [-0.2, -0.15) is 0 Å². The van der Waals surface area contributed by atoms with Crippen LogP contribution in [-0.4, -0.2) is 36.6 Å². The van der Waals surface area contributed by atoms with Gasteiger partial charge in [0.15, 0.2) is 0 Å². The van der Waals surface area contributed by atoms with Crippen LogP contribution in [0, 0.1) is 11.7 Å². The smallest absolute Gasteiger partial charge is 0.241 e. The topological polar surface area (TPSA) is 41.6 Å². The zero-order chi connectivity index (χ0) is 15.6. The molecule has 1 N–H and O–H groups in total. The van der Waals surface area contributed by atoms with Gasteiger partial charge in [-0.3, -0.25) is 10.1 Å². The minimum Gasteiger partial charge on any atom is -0.383 e. The number of benzene rings is 1. The molecule has 0 spiro atoms. The Labute approximate surface area is 125 Å². The molecule has 21 heavy (non-hydrogen) atoms. The van der Waals surface area contributed by atoms with E-state index in [1.54, 1.807) is 30.2 Å². The van der Waals surface area contributed by atoms with Crippen LogP contribution in [0.3, 0.4) is 0 Å². The highest BCUT2D eigenvalue weighted by atomic mass is 19.1. The van der Waals surface area contributed by atoms with E-state index in [1.807, 2.05) is 20.8 Å². The fourth-order valence-electron chi connectivity index (χ4n) is 2.82. The molecule has 0 radical (unpaired) electrons. The summed E-state index contributed by atoms with van der Waals surface area (Å²) in [7, 11) is 1.60. The number of nitrogens with one attached hydrogen (secondary N) is 1. The highest BCUT2D eigenvalue weighted by molar-refractivity contribution is 5.85. The van der Waals surface area contributed by atoms with Crippen LogP contribution in [-0.2, 0) is 9.53 Å². The molecule has 3 unspecified atom stereocenters. The number of ether oxygens (including phenoxy) is 1. The first kappa shape index (κ1) is 15.9. The molecule has 3 atom stereocenters. The lowest BCUT2D eigenvalue weighted by Gasteiger charge is -2.30. The largest absolute Gasteiger partial charge is 0.383 e. The summed E-state index contributed by atoms with van der Waals surface area (Å²) in [6.45, 7) is 6.31. The molecule has 1 aromatic carbocycles. The summed E-state index contributed by atoms with van der Waals surface area (Å²) in [5.41, 5.74) is 0.497. The standard InChI is InChI=1S/C16H23FN2O2/c1-10(2)14-16(20)19(11(3)9-21-4)15(18-14)12-7-5-6-8-13(12)17/h5-8,10-11,14-15,18H,9H2,1-4H3. The van der Waals surface area contributed by atoms with Crippen molar-refractivity contribution in [3.8, 4) is 0 Å². The van der Waals surface area contributed by atoms with Gasteiger partial charge in [0.2, 0.25) is 5.91 Å². The summed E-state index contributed by atoms with van der Waals surface area (Å²) in [5, 5.41) is 3.27. The summed E-state index contributed by atoms with van der Waals surface area (Å²) < 4.78 is 19.3. The number of carbonyl (C=O) groups is 1. The minimum atomic E-state index is -0.448. The van der Waals surface area contributed by atoms with Crippen molar-refractivity contribution < 1.29 is 13.9 Å². The van der Waals surface area contributed by atoms with Crippen LogP contribution in [0.2, 0.25) is 0 Å². The van der Waals surface area contributed by atoms with Gasteiger partial charge in [0, 0.05) is 12.7 Å². The Morgan fingerprint density at radius 2 is 2.00 bits per heavy atom. The molecule has 4 nitrogen and oxygen atoms in total. The van der Waals surface area contributed by atoms with E-state index in [0.717, 1.165) is 0 Å². The Balaban J connectivity index is 2.37. The van der Waals surface area contributed by atoms with Crippen LogP contribution >= 0.6 is 0 Å². The predicted octanol–water partition coefficient (Wildman–Crippen LogP) is 2.32. The molecular weight excluding hydrogens is 271 g/mol. The first-order chi connectivity index (χ1) is 9.97. The molecule has 116 valence electrons. The van der Waals surface area contributed by atoms with Gasteiger partial charge in [-0.15, -0.1) is 0 Å². The van der Waals surface area contributed by atoms with Gasteiger partial charge in [-0.1, -0.05) is 32.0 Å². The SMILES string of the molecule is COCC(C)N1C(=O)C(C(C)C)NC1c1ccccc1F. The Morgan fingerprint density at radius 3 is 2.57 bits per heavy atom. The average Bonchev–Trinajstić information content (AvgIpc) is 2.77. The average molecular weight is 294 g/mol. The molecular formula is C16H23FN2O2. The Morgan fingerprint density at radius 1 is 1.33 bits per heavy atom. The van der Waals surface area contributed by atoms with Crippen LogP contribution < -0.4 is 5.32 Å². The lowest BCUT2D eigenvalue weighted by molar-refractivity contribution is -0.133. The first-order valence-corrected chi connectivity index (χ1v) is 7.29. The quantitative estimate of drug-likeness (QED) is 0.906. The van der Waals surface area contributed by atoms with E-state index in [0.29, 0.717) is 12.2 Å². The number of hydrogen-bond acceptors (Lipinski definition) is 3. The fourth-order valence-corrected chi connectivity index (χ4v) is 2.82.